The Bertz CT molecular complexity index is 3300. The normalized spacial score (nSPS) is 25.2. The van der Waals surface area contributed by atoms with E-state index in [0.717, 1.165) is 62.4 Å². The first-order chi connectivity index (χ1) is 41.1. The van der Waals surface area contributed by atoms with E-state index in [0.29, 0.717) is 97.0 Å². The molecule has 6 heterocycles. The number of hydrogen-bond donors (Lipinski definition) is 6. The molecule has 86 heavy (non-hydrogen) atoms. The van der Waals surface area contributed by atoms with Gasteiger partial charge >= 0.3 is 30.4 Å². The Morgan fingerprint density at radius 1 is 0.477 bits per heavy atom. The second-order valence-corrected chi connectivity index (χ2v) is 25.2. The van der Waals surface area contributed by atoms with E-state index in [2.05, 4.69) is 70.8 Å². The number of likely N-dealkylation sites (N-methyl/N-ethyl adjacent to an activating group) is 3. The molecule has 13 rings (SSSR count). The van der Waals surface area contributed by atoms with E-state index in [1.54, 1.807) is 27.5 Å². The third-order valence-electron chi connectivity index (χ3n) is 20.3. The van der Waals surface area contributed by atoms with Gasteiger partial charge in [-0.15, -0.1) is 0 Å². The standard InChI is InChI=1S/C23H32N4O.2C21H27F3N4O/c1-4-27(5-2)23(28)24-15-11-17-16-7-6-8-19-21(16)18(12-20(17)26(3)13-15)22(25-19)14-9-10-14;2*1-4-28(5-2)20(29)25-12-9-14-13-7-6-8-16-18(13)15(10-17(14)27(3)11-12)19(26-16)21(22,23)24/h6-8,14-15,17,20,25H,4-5,9-13H2,1-3H3,(H,24,28);2*6-8,12,14,17,26H,4-5,9-11H2,1-3H3,(H,25,29). The molecule has 1 saturated carbocycles. The molecular formula is C65H86F6N12O3. The maximum Gasteiger partial charge on any atom is 0.431 e. The summed E-state index contributed by atoms with van der Waals surface area (Å²) in [7, 11) is 6.12. The fourth-order valence-electron chi connectivity index (χ4n) is 16.0. The molecule has 15 nitrogen and oxygen atoms in total. The summed E-state index contributed by atoms with van der Waals surface area (Å²) < 4.78 is 81.6. The number of amides is 6. The predicted molar refractivity (Wildman–Crippen MR) is 325 cm³/mol. The fraction of sp³-hybridized carbons (Fsp3) is 0.585. The van der Waals surface area contributed by atoms with E-state index in [4.69, 9.17) is 0 Å². The van der Waals surface area contributed by atoms with Crippen molar-refractivity contribution in [3.05, 3.63) is 105 Å². The monoisotopic (exact) mass is 1200 g/mol. The third-order valence-corrected chi connectivity index (χ3v) is 20.3. The smallest absolute Gasteiger partial charge is 0.358 e. The minimum atomic E-state index is -4.40. The highest BCUT2D eigenvalue weighted by Crippen LogP contribution is 2.51. The van der Waals surface area contributed by atoms with Crippen LogP contribution in [0.15, 0.2) is 54.6 Å². The number of fused-ring (bicyclic) bond motifs is 6. The number of alkyl halides is 6. The number of aromatic nitrogens is 3. The molecule has 9 unspecified atom stereocenters. The Morgan fingerprint density at radius 2 is 0.779 bits per heavy atom. The van der Waals surface area contributed by atoms with Crippen molar-refractivity contribution in [2.24, 2.45) is 0 Å². The van der Waals surface area contributed by atoms with Crippen molar-refractivity contribution in [2.45, 2.75) is 165 Å². The molecule has 3 saturated heterocycles. The zero-order valence-electron chi connectivity index (χ0n) is 51.2. The quantitative estimate of drug-likeness (QED) is 0.0751. The molecule has 7 aliphatic rings. The summed E-state index contributed by atoms with van der Waals surface area (Å²) in [6, 6.07) is 18.3. The molecule has 6 N–H and O–H groups in total. The molecule has 3 aliphatic heterocycles. The zero-order chi connectivity index (χ0) is 61.3. The topological polar surface area (TPSA) is 154 Å². The van der Waals surface area contributed by atoms with Crippen molar-refractivity contribution < 1.29 is 40.7 Å². The van der Waals surface area contributed by atoms with Gasteiger partial charge in [-0.25, -0.2) is 14.4 Å². The van der Waals surface area contributed by atoms with Crippen LogP contribution < -0.4 is 16.0 Å². The van der Waals surface area contributed by atoms with E-state index >= 15 is 0 Å². The van der Waals surface area contributed by atoms with Crippen molar-refractivity contribution in [1.29, 1.82) is 0 Å². The number of aromatic amines is 3. The highest BCUT2D eigenvalue weighted by molar-refractivity contribution is 5.92. The maximum absolute atomic E-state index is 13.6. The average molecular weight is 1200 g/mol. The number of nitrogens with zero attached hydrogens (tertiary/aromatic N) is 6. The van der Waals surface area contributed by atoms with Gasteiger partial charge in [0, 0.05) is 151 Å². The van der Waals surface area contributed by atoms with Gasteiger partial charge in [-0.05, 0) is 172 Å². The summed E-state index contributed by atoms with van der Waals surface area (Å²) in [5.74, 6) is 1.41. The van der Waals surface area contributed by atoms with Crippen LogP contribution in [-0.2, 0) is 31.6 Å². The number of H-pyrrole nitrogens is 3. The van der Waals surface area contributed by atoms with E-state index in [1.165, 1.54) is 35.0 Å². The number of benzene rings is 3. The van der Waals surface area contributed by atoms with Crippen molar-refractivity contribution >= 4 is 50.8 Å². The first-order valence-electron chi connectivity index (χ1n) is 31.4. The van der Waals surface area contributed by atoms with Gasteiger partial charge in [0.25, 0.3) is 0 Å². The second kappa shape index (κ2) is 24.3. The first-order valence-corrected chi connectivity index (χ1v) is 31.4. The minimum absolute atomic E-state index is 0.00777. The van der Waals surface area contributed by atoms with Crippen molar-refractivity contribution in [3.63, 3.8) is 0 Å². The van der Waals surface area contributed by atoms with Crippen LogP contribution in [0, 0.1) is 0 Å². The molecule has 6 aromatic rings. The molecule has 466 valence electrons. The molecule has 9 atom stereocenters. The number of halogens is 6. The van der Waals surface area contributed by atoms with Gasteiger partial charge in [-0.1, -0.05) is 36.4 Å². The Morgan fingerprint density at radius 3 is 1.08 bits per heavy atom. The first kappa shape index (κ1) is 61.2. The summed E-state index contributed by atoms with van der Waals surface area (Å²) in [5.41, 5.74) is 8.38. The fourth-order valence-corrected chi connectivity index (χ4v) is 16.0. The number of likely N-dealkylation sites (tertiary alicyclic amines) is 3. The van der Waals surface area contributed by atoms with Gasteiger partial charge in [0.2, 0.25) is 0 Å². The van der Waals surface area contributed by atoms with Gasteiger partial charge in [-0.3, -0.25) is 0 Å². The lowest BCUT2D eigenvalue weighted by Gasteiger charge is -2.46. The van der Waals surface area contributed by atoms with E-state index in [9.17, 15) is 40.7 Å². The zero-order valence-corrected chi connectivity index (χ0v) is 51.2. The number of hydrogen-bond acceptors (Lipinski definition) is 6. The van der Waals surface area contributed by atoms with Crippen LogP contribution >= 0.6 is 0 Å². The van der Waals surface area contributed by atoms with Gasteiger partial charge in [0.15, 0.2) is 0 Å². The highest BCUT2D eigenvalue weighted by Gasteiger charge is 2.48. The lowest BCUT2D eigenvalue weighted by molar-refractivity contribution is -0.142. The largest absolute Gasteiger partial charge is 0.431 e. The number of rotatable bonds is 10. The van der Waals surface area contributed by atoms with Gasteiger partial charge in [0.1, 0.15) is 11.4 Å². The van der Waals surface area contributed by atoms with Gasteiger partial charge in [0.05, 0.1) is 0 Å². The summed E-state index contributed by atoms with van der Waals surface area (Å²) >= 11 is 0. The van der Waals surface area contributed by atoms with Crippen LogP contribution in [-0.4, -0.2) is 179 Å². The Hall–Kier alpha value is -6.45. The summed E-state index contributed by atoms with van der Waals surface area (Å²) in [5, 5.41) is 12.5. The van der Waals surface area contributed by atoms with E-state index in [-0.39, 0.29) is 60.1 Å². The number of nitrogens with one attached hydrogen (secondary N) is 6. The molecule has 6 amide bonds. The average Bonchev–Trinajstić information content (AvgIpc) is 1.62. The van der Waals surface area contributed by atoms with Crippen molar-refractivity contribution in [1.82, 2.24) is 60.3 Å². The molecule has 21 heteroatoms. The summed E-state index contributed by atoms with van der Waals surface area (Å²) in [6.45, 7) is 18.1. The summed E-state index contributed by atoms with van der Waals surface area (Å²) in [4.78, 5) is 58.7. The highest BCUT2D eigenvalue weighted by atomic mass is 19.4. The van der Waals surface area contributed by atoms with E-state index in [1.807, 2.05) is 84.8 Å². The number of urea groups is 3. The molecule has 3 aromatic heterocycles. The predicted octanol–water partition coefficient (Wildman–Crippen LogP) is 11.7. The van der Waals surface area contributed by atoms with Crippen molar-refractivity contribution in [3.8, 4) is 0 Å². The van der Waals surface area contributed by atoms with Crippen molar-refractivity contribution in [2.75, 3.05) is 80.0 Å². The third kappa shape index (κ3) is 11.5. The van der Waals surface area contributed by atoms with Crippen LogP contribution in [0.25, 0.3) is 32.7 Å². The second-order valence-electron chi connectivity index (χ2n) is 25.2. The Balaban J connectivity index is 0.000000134. The van der Waals surface area contributed by atoms with Gasteiger partial charge in [-0.2, -0.15) is 26.3 Å². The molecule has 0 radical (unpaired) electrons. The molecular weight excluding hydrogens is 1110 g/mol. The SMILES string of the molecule is CCN(CC)C(=O)NC1CC2c3cccc4[nH]c(C(F)(F)F)c(c34)CC2N(C)C1.CCN(CC)C(=O)NC1CC2c3cccc4[nH]c(C(F)(F)F)c(c34)CC2N(C)C1.CCN(CC)C(=O)NC1CC2c3cccc4[nH]c(C5CC5)c(c34)CC2N(C)C1. The molecule has 4 fully saturated rings. The maximum atomic E-state index is 13.6. The minimum Gasteiger partial charge on any atom is -0.358 e. The van der Waals surface area contributed by atoms with Crippen LogP contribution in [0.3, 0.4) is 0 Å². The van der Waals surface area contributed by atoms with Crippen LogP contribution in [0.1, 0.15) is 148 Å². The van der Waals surface area contributed by atoms with Crippen LogP contribution in [0.4, 0.5) is 40.7 Å². The number of carbonyl (C=O) groups excluding carboxylic acids is 3. The number of piperidine rings is 3. The molecule has 0 bridgehead atoms. The Kier molecular flexibility index (Phi) is 17.3. The van der Waals surface area contributed by atoms with Crippen LogP contribution in [0.5, 0.6) is 0 Å². The van der Waals surface area contributed by atoms with Gasteiger partial charge < -0.3 is 60.3 Å². The molecule has 4 aliphatic carbocycles. The number of carbonyl (C=O) groups is 3. The lowest BCUT2D eigenvalue weighted by atomic mass is 9.73. The molecule has 3 aromatic carbocycles. The summed E-state index contributed by atoms with van der Waals surface area (Å²) in [6.07, 6.45) is -1.77. The molecule has 0 spiro atoms. The lowest BCUT2D eigenvalue weighted by Crippen LogP contribution is -2.56. The van der Waals surface area contributed by atoms with Crippen LogP contribution in [0.2, 0.25) is 0 Å². The Labute approximate surface area is 500 Å². The van der Waals surface area contributed by atoms with E-state index < -0.39 is 23.7 Å².